The Morgan fingerprint density at radius 1 is 0.875 bits per heavy atom. The third kappa shape index (κ3) is 2.84. The first kappa shape index (κ1) is 18.2. The molecule has 0 aromatic heterocycles. The van der Waals surface area contributed by atoms with Gasteiger partial charge in [0.1, 0.15) is 5.75 Å². The van der Waals surface area contributed by atoms with Gasteiger partial charge in [-0.05, 0) is 30.2 Å². The lowest BCUT2D eigenvalue weighted by atomic mass is 9.80. The molecule has 7 heteroatoms. The summed E-state index contributed by atoms with van der Waals surface area (Å²) >= 11 is 0. The lowest BCUT2D eigenvalue weighted by Crippen LogP contribution is -2.55. The zero-order valence-electron chi connectivity index (χ0n) is 12.9. The third-order valence-corrected chi connectivity index (χ3v) is 3.73. The molecule has 0 aliphatic carbocycles. The molecule has 0 spiro atoms. The van der Waals surface area contributed by atoms with Crippen LogP contribution in [0.2, 0.25) is 0 Å². The van der Waals surface area contributed by atoms with Gasteiger partial charge < -0.3 is 9.84 Å². The van der Waals surface area contributed by atoms with Gasteiger partial charge in [0.05, 0.1) is 7.11 Å². The van der Waals surface area contributed by atoms with Crippen LogP contribution >= 0.6 is 0 Å². The number of hydrogen-bond acceptors (Lipinski definition) is 2. The second kappa shape index (κ2) is 6.05. The molecule has 24 heavy (non-hydrogen) atoms. The van der Waals surface area contributed by atoms with Crippen LogP contribution in [0.25, 0.3) is 0 Å². The van der Waals surface area contributed by atoms with Crippen LogP contribution in [0.15, 0.2) is 48.5 Å². The highest BCUT2D eigenvalue weighted by atomic mass is 19.4. The predicted octanol–water partition coefficient (Wildman–Crippen LogP) is 4.44. The first-order valence-corrected chi connectivity index (χ1v) is 6.92. The molecule has 2 rings (SSSR count). The van der Waals surface area contributed by atoms with E-state index in [1.54, 1.807) is 0 Å². The summed E-state index contributed by atoms with van der Waals surface area (Å²) in [6.45, 7) is 1.53. The van der Waals surface area contributed by atoms with Crippen molar-refractivity contribution >= 4 is 0 Å². The normalized spacial score (nSPS) is 15.0. The predicted molar refractivity (Wildman–Crippen MR) is 78.2 cm³/mol. The molecule has 0 amide bonds. The topological polar surface area (TPSA) is 29.5 Å². The maximum absolute atomic E-state index is 14.3. The van der Waals surface area contributed by atoms with Crippen LogP contribution in [0.3, 0.4) is 0 Å². The molecule has 0 fully saturated rings. The van der Waals surface area contributed by atoms with Gasteiger partial charge in [-0.15, -0.1) is 0 Å². The molecule has 2 aromatic carbocycles. The molecular weight excluding hydrogens is 331 g/mol. The Morgan fingerprint density at radius 3 is 1.92 bits per heavy atom. The van der Waals surface area contributed by atoms with Crippen LogP contribution in [0.4, 0.5) is 22.0 Å². The zero-order chi connectivity index (χ0) is 18.2. The minimum Gasteiger partial charge on any atom is -0.497 e. The molecule has 0 radical (unpaired) electrons. The lowest BCUT2D eigenvalue weighted by molar-refractivity contribution is -0.336. The number of aryl methyl sites for hydroxylation is 1. The number of methoxy groups -OCH3 is 1. The first-order chi connectivity index (χ1) is 11.0. The van der Waals surface area contributed by atoms with Crippen molar-refractivity contribution in [1.82, 2.24) is 0 Å². The Kier molecular flexibility index (Phi) is 4.59. The summed E-state index contributed by atoms with van der Waals surface area (Å²) in [4.78, 5) is 0. The van der Waals surface area contributed by atoms with Crippen molar-refractivity contribution < 1.29 is 31.8 Å². The van der Waals surface area contributed by atoms with Gasteiger partial charge >= 0.3 is 12.1 Å². The van der Waals surface area contributed by atoms with Crippen molar-refractivity contribution in [3.63, 3.8) is 0 Å². The maximum Gasteiger partial charge on any atom is 0.457 e. The number of aliphatic hydroxyl groups is 1. The summed E-state index contributed by atoms with van der Waals surface area (Å²) in [5.41, 5.74) is -4.33. The quantitative estimate of drug-likeness (QED) is 0.830. The number of benzene rings is 2. The summed E-state index contributed by atoms with van der Waals surface area (Å²) in [5.74, 6) is -5.36. The Bertz CT molecular complexity index is 727. The van der Waals surface area contributed by atoms with Crippen molar-refractivity contribution in [3.05, 3.63) is 65.2 Å². The van der Waals surface area contributed by atoms with E-state index in [0.29, 0.717) is 5.56 Å². The second-order valence-corrected chi connectivity index (χ2v) is 5.38. The van der Waals surface area contributed by atoms with Crippen LogP contribution in [0.5, 0.6) is 5.75 Å². The van der Waals surface area contributed by atoms with Crippen molar-refractivity contribution in [2.75, 3.05) is 7.11 Å². The third-order valence-electron chi connectivity index (χ3n) is 3.73. The highest BCUT2D eigenvalue weighted by molar-refractivity contribution is 5.43. The molecule has 0 aliphatic rings. The van der Waals surface area contributed by atoms with Crippen LogP contribution < -0.4 is 4.74 Å². The number of rotatable bonds is 4. The van der Waals surface area contributed by atoms with E-state index in [-0.39, 0.29) is 5.75 Å². The fraction of sp³-hybridized carbons (Fsp3) is 0.294. The minimum absolute atomic E-state index is 0.0524. The molecule has 0 bridgehead atoms. The fourth-order valence-electron chi connectivity index (χ4n) is 2.45. The van der Waals surface area contributed by atoms with Gasteiger partial charge in [-0.2, -0.15) is 22.0 Å². The Labute approximate surface area is 135 Å². The van der Waals surface area contributed by atoms with E-state index in [2.05, 4.69) is 0 Å². The molecule has 1 atom stereocenters. The van der Waals surface area contributed by atoms with E-state index < -0.39 is 28.8 Å². The molecular formula is C17H15F5O2. The maximum atomic E-state index is 14.3. The molecule has 0 heterocycles. The van der Waals surface area contributed by atoms with Crippen molar-refractivity contribution in [2.24, 2.45) is 0 Å². The van der Waals surface area contributed by atoms with Crippen molar-refractivity contribution in [2.45, 2.75) is 24.6 Å². The van der Waals surface area contributed by atoms with Gasteiger partial charge in [0, 0.05) is 0 Å². The van der Waals surface area contributed by atoms with Gasteiger partial charge in [0.25, 0.3) is 0 Å². The van der Waals surface area contributed by atoms with E-state index >= 15 is 0 Å². The van der Waals surface area contributed by atoms with E-state index in [9.17, 15) is 27.1 Å². The zero-order valence-corrected chi connectivity index (χ0v) is 12.9. The number of halogens is 5. The molecule has 1 N–H and O–H groups in total. The average molecular weight is 346 g/mol. The van der Waals surface area contributed by atoms with Crippen molar-refractivity contribution in [1.29, 1.82) is 0 Å². The van der Waals surface area contributed by atoms with Gasteiger partial charge in [0.15, 0.2) is 5.60 Å². The Morgan fingerprint density at radius 2 is 1.42 bits per heavy atom. The molecule has 0 saturated heterocycles. The Hall–Kier alpha value is -2.15. The van der Waals surface area contributed by atoms with Crippen LogP contribution in [-0.4, -0.2) is 24.3 Å². The summed E-state index contributed by atoms with van der Waals surface area (Å²) < 4.78 is 72.6. The molecule has 0 saturated carbocycles. The molecule has 130 valence electrons. The van der Waals surface area contributed by atoms with Gasteiger partial charge in [0.2, 0.25) is 0 Å². The first-order valence-electron chi connectivity index (χ1n) is 6.92. The van der Waals surface area contributed by atoms with Gasteiger partial charge in [-0.3, -0.25) is 0 Å². The highest BCUT2D eigenvalue weighted by Crippen LogP contribution is 2.52. The van der Waals surface area contributed by atoms with Gasteiger partial charge in [-0.25, -0.2) is 0 Å². The molecule has 1 unspecified atom stereocenters. The van der Waals surface area contributed by atoms with Crippen LogP contribution in [-0.2, 0) is 5.60 Å². The summed E-state index contributed by atoms with van der Waals surface area (Å²) in [6, 6.07) is 9.55. The van der Waals surface area contributed by atoms with E-state index in [1.165, 1.54) is 38.3 Å². The van der Waals surface area contributed by atoms with Crippen LogP contribution in [0.1, 0.15) is 16.7 Å². The number of hydrogen-bond donors (Lipinski definition) is 1. The minimum atomic E-state index is -5.95. The second-order valence-electron chi connectivity index (χ2n) is 5.38. The molecule has 0 aliphatic heterocycles. The summed E-state index contributed by atoms with van der Waals surface area (Å²) in [6.07, 6.45) is -5.95. The Balaban J connectivity index is 2.79. The smallest absolute Gasteiger partial charge is 0.457 e. The number of ether oxygens (including phenoxy) is 1. The lowest BCUT2D eigenvalue weighted by Gasteiger charge is -2.37. The monoisotopic (exact) mass is 346 g/mol. The van der Waals surface area contributed by atoms with Crippen LogP contribution in [0, 0.1) is 6.92 Å². The summed E-state index contributed by atoms with van der Waals surface area (Å²) in [5, 5.41) is 10.6. The SMILES string of the molecule is COc1cccc(C(O)(c2cccc(C)c2)C(F)(F)C(F)(F)F)c1. The summed E-state index contributed by atoms with van der Waals surface area (Å²) in [7, 11) is 1.24. The number of alkyl halides is 5. The van der Waals surface area contributed by atoms with E-state index in [1.807, 2.05) is 0 Å². The largest absolute Gasteiger partial charge is 0.497 e. The standard InChI is InChI=1S/C17H15F5O2/c1-11-5-3-6-12(9-11)15(23,16(18,19)17(20,21)22)13-7-4-8-14(10-13)24-2/h3-10,23H,1-2H3. The van der Waals surface area contributed by atoms with Crippen molar-refractivity contribution in [3.8, 4) is 5.75 Å². The molecule has 2 nitrogen and oxygen atoms in total. The van der Waals surface area contributed by atoms with E-state index in [0.717, 1.165) is 24.3 Å². The fourth-order valence-corrected chi connectivity index (χ4v) is 2.45. The molecule has 2 aromatic rings. The van der Waals surface area contributed by atoms with E-state index in [4.69, 9.17) is 4.74 Å². The highest BCUT2D eigenvalue weighted by Gasteiger charge is 2.71. The average Bonchev–Trinajstić information content (AvgIpc) is 2.52. The van der Waals surface area contributed by atoms with Gasteiger partial charge in [-0.1, -0.05) is 42.0 Å².